The lowest BCUT2D eigenvalue weighted by Crippen LogP contribution is -2.08. The van der Waals surface area contributed by atoms with Crippen LogP contribution >= 0.6 is 0 Å². The Morgan fingerprint density at radius 3 is 2.67 bits per heavy atom. The molecule has 0 saturated carbocycles. The molecule has 0 aliphatic rings. The van der Waals surface area contributed by atoms with Crippen LogP contribution in [0.15, 0.2) is 29.8 Å². The molecule has 1 aromatic rings. The second-order valence-electron chi connectivity index (χ2n) is 5.00. The number of hydrogen-bond donors (Lipinski definition) is 0. The van der Waals surface area contributed by atoms with E-state index >= 15 is 0 Å². The molecule has 0 aliphatic carbocycles. The van der Waals surface area contributed by atoms with Crippen molar-refractivity contribution in [1.29, 1.82) is 0 Å². The Labute approximate surface area is 128 Å². The zero-order valence-electron chi connectivity index (χ0n) is 13.4. The van der Waals surface area contributed by atoms with Crippen LogP contribution in [0.2, 0.25) is 0 Å². The zero-order valence-corrected chi connectivity index (χ0v) is 13.4. The van der Waals surface area contributed by atoms with Gasteiger partial charge in [-0.25, -0.2) is 4.79 Å². The summed E-state index contributed by atoms with van der Waals surface area (Å²) in [5.74, 6) is 0.573. The number of esters is 1. The van der Waals surface area contributed by atoms with Crippen molar-refractivity contribution in [2.24, 2.45) is 0 Å². The van der Waals surface area contributed by atoms with Crippen LogP contribution in [0.1, 0.15) is 51.5 Å². The number of unbranched alkanes of at least 4 members (excludes halogenated alkanes) is 3. The molecule has 0 N–H and O–H groups in total. The molecule has 0 unspecified atom stereocenters. The number of carbonyl (C=O) groups excluding carboxylic acids is 1. The third-order valence-electron chi connectivity index (χ3n) is 3.31. The van der Waals surface area contributed by atoms with E-state index in [1.165, 1.54) is 12.8 Å². The second-order valence-corrected chi connectivity index (χ2v) is 5.00. The van der Waals surface area contributed by atoms with Gasteiger partial charge in [-0.05, 0) is 36.6 Å². The molecular weight excluding hydrogens is 264 g/mol. The van der Waals surface area contributed by atoms with Gasteiger partial charge in [-0.2, -0.15) is 0 Å². The Hall–Kier alpha value is -1.77. The Kier molecular flexibility index (Phi) is 8.25. The highest BCUT2D eigenvalue weighted by molar-refractivity contribution is 5.93. The minimum atomic E-state index is -0.211. The fourth-order valence-corrected chi connectivity index (χ4v) is 2.02. The number of carbonyl (C=O) groups is 1. The van der Waals surface area contributed by atoms with Gasteiger partial charge in [-0.3, -0.25) is 0 Å². The molecule has 0 spiro atoms. The van der Waals surface area contributed by atoms with Crippen LogP contribution in [0.25, 0.3) is 6.08 Å². The van der Waals surface area contributed by atoms with E-state index in [-0.39, 0.29) is 5.97 Å². The largest absolute Gasteiger partial charge is 0.497 e. The van der Waals surface area contributed by atoms with Crippen LogP contribution in [0, 0.1) is 0 Å². The van der Waals surface area contributed by atoms with Gasteiger partial charge in [0, 0.05) is 5.57 Å². The summed E-state index contributed by atoms with van der Waals surface area (Å²) in [6.45, 7) is 4.64. The van der Waals surface area contributed by atoms with E-state index < -0.39 is 0 Å². The average molecular weight is 290 g/mol. The van der Waals surface area contributed by atoms with E-state index in [0.717, 1.165) is 24.2 Å². The van der Waals surface area contributed by atoms with Gasteiger partial charge in [0.15, 0.2) is 0 Å². The van der Waals surface area contributed by atoms with Crippen molar-refractivity contribution in [3.05, 3.63) is 35.4 Å². The number of rotatable bonds is 9. The molecule has 1 rings (SSSR count). The zero-order chi connectivity index (χ0) is 15.5. The average Bonchev–Trinajstić information content (AvgIpc) is 2.52. The minimum Gasteiger partial charge on any atom is -0.497 e. The molecule has 0 atom stereocenters. The second kappa shape index (κ2) is 10.0. The highest BCUT2D eigenvalue weighted by Gasteiger charge is 2.09. The van der Waals surface area contributed by atoms with Crippen molar-refractivity contribution in [1.82, 2.24) is 0 Å². The maximum absolute atomic E-state index is 12.0. The third kappa shape index (κ3) is 6.48. The SMILES string of the molecule is CCCCCCOC(=O)C(=Cc1cccc(OC)c1)CC. The van der Waals surface area contributed by atoms with Crippen molar-refractivity contribution in [3.8, 4) is 5.75 Å². The monoisotopic (exact) mass is 290 g/mol. The highest BCUT2D eigenvalue weighted by atomic mass is 16.5. The summed E-state index contributed by atoms with van der Waals surface area (Å²) in [5, 5.41) is 0. The standard InChI is InChI=1S/C18H26O3/c1-4-6-7-8-12-21-18(19)16(5-2)13-15-10-9-11-17(14-15)20-3/h9-11,13-14H,4-8,12H2,1-3H3. The molecular formula is C18H26O3. The molecule has 3 nitrogen and oxygen atoms in total. The summed E-state index contributed by atoms with van der Waals surface area (Å²) in [6, 6.07) is 7.65. The van der Waals surface area contributed by atoms with E-state index in [1.807, 2.05) is 37.3 Å². The number of ether oxygens (including phenoxy) is 2. The first-order valence-corrected chi connectivity index (χ1v) is 7.73. The van der Waals surface area contributed by atoms with Gasteiger partial charge >= 0.3 is 5.97 Å². The van der Waals surface area contributed by atoms with E-state index in [9.17, 15) is 4.79 Å². The quantitative estimate of drug-likeness (QED) is 0.378. The van der Waals surface area contributed by atoms with Crippen molar-refractivity contribution in [2.45, 2.75) is 46.0 Å². The van der Waals surface area contributed by atoms with Crippen LogP contribution in [0.4, 0.5) is 0 Å². The van der Waals surface area contributed by atoms with E-state index in [1.54, 1.807) is 7.11 Å². The fourth-order valence-electron chi connectivity index (χ4n) is 2.02. The molecule has 3 heteroatoms. The summed E-state index contributed by atoms with van der Waals surface area (Å²) in [4.78, 5) is 12.0. The minimum absolute atomic E-state index is 0.211. The Bertz CT molecular complexity index is 463. The lowest BCUT2D eigenvalue weighted by molar-refractivity contribution is -0.139. The summed E-state index contributed by atoms with van der Waals surface area (Å²) >= 11 is 0. The predicted molar refractivity (Wildman–Crippen MR) is 86.4 cm³/mol. The van der Waals surface area contributed by atoms with E-state index in [2.05, 4.69) is 6.92 Å². The van der Waals surface area contributed by atoms with Crippen LogP contribution in [0.3, 0.4) is 0 Å². The normalized spacial score (nSPS) is 11.3. The smallest absolute Gasteiger partial charge is 0.334 e. The van der Waals surface area contributed by atoms with Gasteiger partial charge in [0.05, 0.1) is 13.7 Å². The van der Waals surface area contributed by atoms with Gasteiger partial charge in [0.2, 0.25) is 0 Å². The lowest BCUT2D eigenvalue weighted by Gasteiger charge is -2.07. The molecule has 0 amide bonds. The summed E-state index contributed by atoms with van der Waals surface area (Å²) in [5.41, 5.74) is 1.65. The van der Waals surface area contributed by atoms with Crippen LogP contribution in [-0.2, 0) is 9.53 Å². The van der Waals surface area contributed by atoms with Crippen molar-refractivity contribution >= 4 is 12.0 Å². The summed E-state index contributed by atoms with van der Waals surface area (Å²) in [6.07, 6.45) is 6.96. The number of benzene rings is 1. The van der Waals surface area contributed by atoms with Crippen LogP contribution < -0.4 is 4.74 Å². The lowest BCUT2D eigenvalue weighted by atomic mass is 10.1. The predicted octanol–water partition coefficient (Wildman–Crippen LogP) is 4.61. The van der Waals surface area contributed by atoms with Crippen molar-refractivity contribution in [3.63, 3.8) is 0 Å². The Morgan fingerprint density at radius 1 is 1.19 bits per heavy atom. The molecule has 0 fully saturated rings. The number of methoxy groups -OCH3 is 1. The van der Waals surface area contributed by atoms with Crippen LogP contribution in [-0.4, -0.2) is 19.7 Å². The van der Waals surface area contributed by atoms with E-state index in [4.69, 9.17) is 9.47 Å². The molecule has 21 heavy (non-hydrogen) atoms. The van der Waals surface area contributed by atoms with Gasteiger partial charge in [-0.15, -0.1) is 0 Å². The first-order valence-electron chi connectivity index (χ1n) is 7.73. The molecule has 116 valence electrons. The maximum Gasteiger partial charge on any atom is 0.334 e. The summed E-state index contributed by atoms with van der Waals surface area (Å²) in [7, 11) is 1.63. The van der Waals surface area contributed by atoms with Gasteiger partial charge < -0.3 is 9.47 Å². The number of hydrogen-bond acceptors (Lipinski definition) is 3. The molecule has 0 aliphatic heterocycles. The first kappa shape index (κ1) is 17.3. The molecule has 0 radical (unpaired) electrons. The highest BCUT2D eigenvalue weighted by Crippen LogP contribution is 2.17. The summed E-state index contributed by atoms with van der Waals surface area (Å²) < 4.78 is 10.5. The van der Waals surface area contributed by atoms with Gasteiger partial charge in [0.25, 0.3) is 0 Å². The van der Waals surface area contributed by atoms with Gasteiger partial charge in [-0.1, -0.05) is 45.2 Å². The molecule has 1 aromatic carbocycles. The molecule has 0 aromatic heterocycles. The Balaban J connectivity index is 2.59. The molecule has 0 heterocycles. The third-order valence-corrected chi connectivity index (χ3v) is 3.31. The van der Waals surface area contributed by atoms with Crippen molar-refractivity contribution < 1.29 is 14.3 Å². The van der Waals surface area contributed by atoms with Gasteiger partial charge in [0.1, 0.15) is 5.75 Å². The maximum atomic E-state index is 12.0. The molecule has 0 saturated heterocycles. The van der Waals surface area contributed by atoms with E-state index in [0.29, 0.717) is 18.6 Å². The fraction of sp³-hybridized carbons (Fsp3) is 0.500. The Morgan fingerprint density at radius 2 is 2.00 bits per heavy atom. The topological polar surface area (TPSA) is 35.5 Å². The molecule has 0 bridgehead atoms. The van der Waals surface area contributed by atoms with Crippen LogP contribution in [0.5, 0.6) is 5.75 Å². The van der Waals surface area contributed by atoms with Crippen molar-refractivity contribution in [2.75, 3.05) is 13.7 Å². The first-order chi connectivity index (χ1) is 10.2.